The SMILES string of the molecule is Cc1cc2n(n1)C(c1ccc(-c3cccc([N+](=O)[O-])c3)o1)Nc1ccccc1-2. The number of hydrogen-bond donors (Lipinski definition) is 1. The number of rotatable bonds is 3. The Hall–Kier alpha value is -3.87. The van der Waals surface area contributed by atoms with Crippen LogP contribution in [-0.2, 0) is 0 Å². The van der Waals surface area contributed by atoms with E-state index in [1.54, 1.807) is 12.1 Å². The second-order valence-corrected chi connectivity index (χ2v) is 6.72. The van der Waals surface area contributed by atoms with Gasteiger partial charge in [0.2, 0.25) is 0 Å². The minimum absolute atomic E-state index is 0.0326. The molecule has 0 amide bonds. The first-order chi connectivity index (χ1) is 13.6. The minimum atomic E-state index is -0.411. The van der Waals surface area contributed by atoms with Crippen LogP contribution in [0, 0.1) is 17.0 Å². The maximum absolute atomic E-state index is 11.0. The molecule has 0 bridgehead atoms. The number of aryl methyl sites for hydroxylation is 1. The van der Waals surface area contributed by atoms with Gasteiger partial charge in [0.05, 0.1) is 16.3 Å². The summed E-state index contributed by atoms with van der Waals surface area (Å²) in [5, 5.41) is 19.2. The molecule has 0 saturated carbocycles. The standard InChI is InChI=1S/C21H16N4O3/c1-13-11-18-16-7-2-3-8-17(16)22-21(24(18)23-13)20-10-9-19(28-20)14-5-4-6-15(12-14)25(26)27/h2-12,21-22H,1H3. The summed E-state index contributed by atoms with van der Waals surface area (Å²) in [7, 11) is 0. The monoisotopic (exact) mass is 372 g/mol. The average Bonchev–Trinajstić information content (AvgIpc) is 3.34. The van der Waals surface area contributed by atoms with E-state index in [1.165, 1.54) is 12.1 Å². The third-order valence-electron chi connectivity index (χ3n) is 4.84. The molecule has 1 aliphatic heterocycles. The Kier molecular flexibility index (Phi) is 3.55. The van der Waals surface area contributed by atoms with E-state index in [9.17, 15) is 10.1 Å². The van der Waals surface area contributed by atoms with Gasteiger partial charge in [-0.3, -0.25) is 10.1 Å². The van der Waals surface area contributed by atoms with Crippen molar-refractivity contribution in [2.45, 2.75) is 13.1 Å². The summed E-state index contributed by atoms with van der Waals surface area (Å²) in [6.07, 6.45) is -0.300. The summed E-state index contributed by atoms with van der Waals surface area (Å²) in [4.78, 5) is 10.6. The molecule has 0 aliphatic carbocycles. The molecule has 0 spiro atoms. The number of nitro groups is 1. The van der Waals surface area contributed by atoms with Gasteiger partial charge in [-0.2, -0.15) is 5.10 Å². The van der Waals surface area contributed by atoms with E-state index in [0.29, 0.717) is 17.1 Å². The highest BCUT2D eigenvalue weighted by molar-refractivity contribution is 5.78. The van der Waals surface area contributed by atoms with Gasteiger partial charge in [-0.15, -0.1) is 0 Å². The number of benzene rings is 2. The van der Waals surface area contributed by atoms with Crippen LogP contribution < -0.4 is 5.32 Å². The van der Waals surface area contributed by atoms with Crippen molar-refractivity contribution in [3.8, 4) is 22.6 Å². The highest BCUT2D eigenvalue weighted by Gasteiger charge is 2.28. The first-order valence-corrected chi connectivity index (χ1v) is 8.87. The van der Waals surface area contributed by atoms with Crippen LogP contribution in [0.1, 0.15) is 17.6 Å². The molecule has 138 valence electrons. The molecule has 3 heterocycles. The summed E-state index contributed by atoms with van der Waals surface area (Å²) in [6.45, 7) is 1.96. The van der Waals surface area contributed by atoms with E-state index in [-0.39, 0.29) is 11.9 Å². The van der Waals surface area contributed by atoms with Crippen LogP contribution in [0.15, 0.2) is 71.1 Å². The van der Waals surface area contributed by atoms with Crippen molar-refractivity contribution in [2.24, 2.45) is 0 Å². The topological polar surface area (TPSA) is 86.1 Å². The average molecular weight is 372 g/mol. The maximum atomic E-state index is 11.0. The quantitative estimate of drug-likeness (QED) is 0.404. The Morgan fingerprint density at radius 2 is 1.96 bits per heavy atom. The number of furan rings is 1. The third-order valence-corrected chi connectivity index (χ3v) is 4.84. The Balaban J connectivity index is 1.56. The molecule has 2 aromatic heterocycles. The fourth-order valence-corrected chi connectivity index (χ4v) is 3.57. The van der Waals surface area contributed by atoms with Crippen molar-refractivity contribution in [1.29, 1.82) is 0 Å². The van der Waals surface area contributed by atoms with Crippen LogP contribution in [0.25, 0.3) is 22.6 Å². The zero-order valence-electron chi connectivity index (χ0n) is 15.0. The normalized spacial score (nSPS) is 14.8. The summed E-state index contributed by atoms with van der Waals surface area (Å²) >= 11 is 0. The number of nitro benzene ring substituents is 1. The second kappa shape index (κ2) is 6.09. The van der Waals surface area contributed by atoms with Crippen molar-refractivity contribution in [3.63, 3.8) is 0 Å². The van der Waals surface area contributed by atoms with E-state index in [0.717, 1.165) is 22.6 Å². The zero-order chi connectivity index (χ0) is 19.3. The van der Waals surface area contributed by atoms with Crippen molar-refractivity contribution >= 4 is 11.4 Å². The minimum Gasteiger partial charge on any atom is -0.457 e. The molecule has 0 fully saturated rings. The molecule has 0 radical (unpaired) electrons. The summed E-state index contributed by atoms with van der Waals surface area (Å²) in [5.74, 6) is 1.25. The predicted molar refractivity (Wildman–Crippen MR) is 105 cm³/mol. The molecular formula is C21H16N4O3. The lowest BCUT2D eigenvalue weighted by Crippen LogP contribution is -2.25. The number of non-ortho nitro benzene ring substituents is 1. The van der Waals surface area contributed by atoms with Crippen LogP contribution in [0.3, 0.4) is 0 Å². The molecule has 0 saturated heterocycles. The van der Waals surface area contributed by atoms with Crippen LogP contribution in [0.5, 0.6) is 0 Å². The Morgan fingerprint density at radius 1 is 1.11 bits per heavy atom. The van der Waals surface area contributed by atoms with Crippen LogP contribution in [0.4, 0.5) is 11.4 Å². The molecular weight excluding hydrogens is 356 g/mol. The van der Waals surface area contributed by atoms with Gasteiger partial charge < -0.3 is 9.73 Å². The predicted octanol–water partition coefficient (Wildman–Crippen LogP) is 5.00. The first-order valence-electron chi connectivity index (χ1n) is 8.87. The summed E-state index contributed by atoms with van der Waals surface area (Å²) in [6, 6.07) is 20.2. The highest BCUT2D eigenvalue weighted by atomic mass is 16.6. The first kappa shape index (κ1) is 16.3. The number of hydrogen-bond acceptors (Lipinski definition) is 5. The van der Waals surface area contributed by atoms with Crippen molar-refractivity contribution < 1.29 is 9.34 Å². The molecule has 7 nitrogen and oxygen atoms in total. The van der Waals surface area contributed by atoms with Crippen LogP contribution >= 0.6 is 0 Å². The number of anilines is 1. The molecule has 1 atom stereocenters. The van der Waals surface area contributed by atoms with Crippen molar-refractivity contribution in [2.75, 3.05) is 5.32 Å². The zero-order valence-corrected chi connectivity index (χ0v) is 15.0. The van der Waals surface area contributed by atoms with Gasteiger partial charge in [0.25, 0.3) is 5.69 Å². The van der Waals surface area contributed by atoms with Crippen LogP contribution in [-0.4, -0.2) is 14.7 Å². The highest BCUT2D eigenvalue weighted by Crippen LogP contribution is 2.39. The largest absolute Gasteiger partial charge is 0.457 e. The molecule has 1 N–H and O–H groups in total. The van der Waals surface area contributed by atoms with E-state index in [4.69, 9.17) is 4.42 Å². The molecule has 7 heteroatoms. The molecule has 4 aromatic rings. The smallest absolute Gasteiger partial charge is 0.270 e. The van der Waals surface area contributed by atoms with Gasteiger partial charge >= 0.3 is 0 Å². The molecule has 5 rings (SSSR count). The fourth-order valence-electron chi connectivity index (χ4n) is 3.57. The summed E-state index contributed by atoms with van der Waals surface area (Å²) in [5.41, 5.74) is 4.73. The maximum Gasteiger partial charge on any atom is 0.270 e. The van der Waals surface area contributed by atoms with Gasteiger partial charge in [-0.25, -0.2) is 4.68 Å². The molecule has 28 heavy (non-hydrogen) atoms. The molecule has 2 aromatic carbocycles. The Labute approximate surface area is 160 Å². The lowest BCUT2D eigenvalue weighted by atomic mass is 10.1. The van der Waals surface area contributed by atoms with Gasteiger partial charge in [-0.1, -0.05) is 30.3 Å². The van der Waals surface area contributed by atoms with E-state index in [2.05, 4.69) is 22.5 Å². The van der Waals surface area contributed by atoms with Gasteiger partial charge in [0.1, 0.15) is 11.5 Å². The van der Waals surface area contributed by atoms with Crippen molar-refractivity contribution in [3.05, 3.63) is 88.3 Å². The van der Waals surface area contributed by atoms with E-state index >= 15 is 0 Å². The van der Waals surface area contributed by atoms with Gasteiger partial charge in [0.15, 0.2) is 6.17 Å². The van der Waals surface area contributed by atoms with Crippen molar-refractivity contribution in [1.82, 2.24) is 9.78 Å². The number of para-hydroxylation sites is 1. The lowest BCUT2D eigenvalue weighted by molar-refractivity contribution is -0.384. The van der Waals surface area contributed by atoms with Crippen LogP contribution in [0.2, 0.25) is 0 Å². The van der Waals surface area contributed by atoms with E-state index < -0.39 is 4.92 Å². The number of nitrogens with zero attached hydrogens (tertiary/aromatic N) is 3. The third kappa shape index (κ3) is 2.56. The van der Waals surface area contributed by atoms with E-state index in [1.807, 2.05) is 41.9 Å². The number of aromatic nitrogens is 2. The summed E-state index contributed by atoms with van der Waals surface area (Å²) < 4.78 is 7.99. The Bertz CT molecular complexity index is 1210. The Morgan fingerprint density at radius 3 is 2.82 bits per heavy atom. The lowest BCUT2D eigenvalue weighted by Gasteiger charge is -2.27. The molecule has 1 aliphatic rings. The molecule has 1 unspecified atom stereocenters. The number of fused-ring (bicyclic) bond motifs is 3. The van der Waals surface area contributed by atoms with Gasteiger partial charge in [-0.05, 0) is 31.2 Å². The fraction of sp³-hybridized carbons (Fsp3) is 0.0952. The number of nitrogens with one attached hydrogen (secondary N) is 1. The second-order valence-electron chi connectivity index (χ2n) is 6.72. The van der Waals surface area contributed by atoms with Gasteiger partial charge in [0, 0.05) is 28.9 Å².